The fourth-order valence-corrected chi connectivity index (χ4v) is 1.37. The lowest BCUT2D eigenvalue weighted by molar-refractivity contribution is -0.138. The number of hydrogen-bond acceptors (Lipinski definition) is 1. The van der Waals surface area contributed by atoms with Gasteiger partial charge in [-0.15, -0.1) is 0 Å². The van der Waals surface area contributed by atoms with Crippen LogP contribution in [0.15, 0.2) is 12.1 Å². The quantitative estimate of drug-likeness (QED) is 0.654. The molecule has 0 bridgehead atoms. The summed E-state index contributed by atoms with van der Waals surface area (Å²) in [4.78, 5) is 0. The molecule has 1 aromatic carbocycles. The Labute approximate surface area is 93.2 Å². The van der Waals surface area contributed by atoms with E-state index < -0.39 is 42.5 Å². The van der Waals surface area contributed by atoms with Crippen molar-refractivity contribution in [3.05, 3.63) is 35.1 Å². The van der Waals surface area contributed by atoms with Crippen molar-refractivity contribution in [1.29, 1.82) is 0 Å². The Kier molecular flexibility index (Phi) is 4.03. The molecule has 96 valence electrons. The van der Waals surface area contributed by atoms with Gasteiger partial charge in [0, 0.05) is 12.1 Å². The van der Waals surface area contributed by atoms with Gasteiger partial charge >= 0.3 is 6.18 Å². The maximum Gasteiger partial charge on any atom is 0.390 e. The third kappa shape index (κ3) is 4.26. The largest absolute Gasteiger partial charge is 0.390 e. The molecule has 2 N–H and O–H groups in total. The summed E-state index contributed by atoms with van der Waals surface area (Å²) in [6.45, 7) is 0. The predicted molar refractivity (Wildman–Crippen MR) is 48.7 cm³/mol. The highest BCUT2D eigenvalue weighted by Gasteiger charge is 2.30. The van der Waals surface area contributed by atoms with Crippen LogP contribution in [0.5, 0.6) is 0 Å². The molecule has 0 aliphatic carbocycles. The lowest BCUT2D eigenvalue weighted by Gasteiger charge is -2.14. The summed E-state index contributed by atoms with van der Waals surface area (Å²) in [6.07, 6.45) is -6.30. The molecule has 0 aliphatic heterocycles. The number of rotatable bonds is 3. The van der Waals surface area contributed by atoms with Crippen molar-refractivity contribution in [2.75, 3.05) is 0 Å². The molecule has 17 heavy (non-hydrogen) atoms. The van der Waals surface area contributed by atoms with Gasteiger partial charge in [0.15, 0.2) is 11.6 Å². The van der Waals surface area contributed by atoms with Crippen molar-refractivity contribution < 1.29 is 26.3 Å². The lowest BCUT2D eigenvalue weighted by atomic mass is 10.0. The van der Waals surface area contributed by atoms with Crippen molar-refractivity contribution in [2.24, 2.45) is 5.73 Å². The SMILES string of the molecule is NC(Cc1cc(F)c(F)cc1F)CC(F)(F)F. The minimum absolute atomic E-state index is 0.283. The minimum Gasteiger partial charge on any atom is -0.327 e. The zero-order chi connectivity index (χ0) is 13.2. The molecule has 0 saturated heterocycles. The van der Waals surface area contributed by atoms with Crippen LogP contribution in [-0.2, 0) is 6.42 Å². The summed E-state index contributed by atoms with van der Waals surface area (Å²) in [6, 6.07) is -0.597. The molecule has 1 aromatic rings. The molecular formula is C10H9F6N. The van der Waals surface area contributed by atoms with Gasteiger partial charge in [0.25, 0.3) is 0 Å². The topological polar surface area (TPSA) is 26.0 Å². The molecule has 0 fully saturated rings. The van der Waals surface area contributed by atoms with Crippen LogP contribution in [0, 0.1) is 17.5 Å². The van der Waals surface area contributed by atoms with Gasteiger partial charge in [0.1, 0.15) is 5.82 Å². The number of hydrogen-bond donors (Lipinski definition) is 1. The first kappa shape index (κ1) is 13.8. The van der Waals surface area contributed by atoms with Crippen molar-refractivity contribution in [2.45, 2.75) is 25.1 Å². The first-order valence-electron chi connectivity index (χ1n) is 4.65. The summed E-state index contributed by atoms with van der Waals surface area (Å²) in [5.41, 5.74) is 4.77. The lowest BCUT2D eigenvalue weighted by Crippen LogP contribution is -2.30. The van der Waals surface area contributed by atoms with Gasteiger partial charge in [-0.2, -0.15) is 13.2 Å². The number of benzene rings is 1. The summed E-state index contributed by atoms with van der Waals surface area (Å²) in [5.74, 6) is -3.82. The van der Waals surface area contributed by atoms with Crippen LogP contribution in [0.3, 0.4) is 0 Å². The second-order valence-electron chi connectivity index (χ2n) is 3.64. The molecule has 0 aromatic heterocycles. The standard InChI is InChI=1S/C10H9F6N/c11-7-3-9(13)8(12)2-5(7)1-6(17)4-10(14,15)16/h2-3,6H,1,4,17H2. The normalized spacial score (nSPS) is 13.8. The molecule has 0 radical (unpaired) electrons. The van der Waals surface area contributed by atoms with E-state index in [0.29, 0.717) is 6.07 Å². The third-order valence-electron chi connectivity index (χ3n) is 2.07. The Bertz CT molecular complexity index is 401. The minimum atomic E-state index is -4.48. The van der Waals surface area contributed by atoms with Gasteiger partial charge in [0.05, 0.1) is 6.42 Å². The maximum absolute atomic E-state index is 13.1. The van der Waals surface area contributed by atoms with E-state index in [2.05, 4.69) is 0 Å². The van der Waals surface area contributed by atoms with E-state index in [4.69, 9.17) is 5.73 Å². The summed E-state index contributed by atoms with van der Waals surface area (Å²) in [7, 11) is 0. The first-order valence-corrected chi connectivity index (χ1v) is 4.65. The average Bonchev–Trinajstić information content (AvgIpc) is 2.11. The maximum atomic E-state index is 13.1. The second-order valence-corrected chi connectivity index (χ2v) is 3.64. The third-order valence-corrected chi connectivity index (χ3v) is 2.07. The van der Waals surface area contributed by atoms with Crippen LogP contribution < -0.4 is 5.73 Å². The van der Waals surface area contributed by atoms with Crippen LogP contribution >= 0.6 is 0 Å². The Morgan fingerprint density at radius 2 is 1.53 bits per heavy atom. The van der Waals surface area contributed by atoms with Crippen LogP contribution in [0.4, 0.5) is 26.3 Å². The number of alkyl halides is 3. The van der Waals surface area contributed by atoms with Crippen LogP contribution in [0.1, 0.15) is 12.0 Å². The monoisotopic (exact) mass is 257 g/mol. The summed E-state index contributed by atoms with van der Waals surface area (Å²) in [5, 5.41) is 0. The van der Waals surface area contributed by atoms with E-state index in [-0.39, 0.29) is 11.6 Å². The first-order chi connectivity index (χ1) is 7.69. The Morgan fingerprint density at radius 1 is 1.00 bits per heavy atom. The molecule has 0 saturated carbocycles. The van der Waals surface area contributed by atoms with Gasteiger partial charge < -0.3 is 5.73 Å². The molecular weight excluding hydrogens is 248 g/mol. The van der Waals surface area contributed by atoms with Gasteiger partial charge in [0.2, 0.25) is 0 Å². The van der Waals surface area contributed by atoms with E-state index in [0.717, 1.165) is 0 Å². The van der Waals surface area contributed by atoms with Gasteiger partial charge in [-0.05, 0) is 18.1 Å². The predicted octanol–water partition coefficient (Wildman–Crippen LogP) is 2.93. The van der Waals surface area contributed by atoms with Gasteiger partial charge in [-0.3, -0.25) is 0 Å². The van der Waals surface area contributed by atoms with Crippen LogP contribution in [-0.4, -0.2) is 12.2 Å². The molecule has 0 amide bonds. The van der Waals surface area contributed by atoms with E-state index in [1.165, 1.54) is 0 Å². The molecule has 0 heterocycles. The highest BCUT2D eigenvalue weighted by Crippen LogP contribution is 2.23. The smallest absolute Gasteiger partial charge is 0.327 e. The molecule has 1 rings (SSSR count). The number of halogens is 6. The van der Waals surface area contributed by atoms with E-state index in [9.17, 15) is 26.3 Å². The van der Waals surface area contributed by atoms with Gasteiger partial charge in [-0.25, -0.2) is 13.2 Å². The molecule has 1 atom stereocenters. The van der Waals surface area contributed by atoms with Crippen LogP contribution in [0.2, 0.25) is 0 Å². The highest BCUT2D eigenvalue weighted by molar-refractivity contribution is 5.21. The zero-order valence-electron chi connectivity index (χ0n) is 8.49. The van der Waals surface area contributed by atoms with E-state index >= 15 is 0 Å². The summed E-state index contributed by atoms with van der Waals surface area (Å²) < 4.78 is 74.2. The second kappa shape index (κ2) is 4.95. The Morgan fingerprint density at radius 3 is 2.06 bits per heavy atom. The zero-order valence-corrected chi connectivity index (χ0v) is 8.49. The molecule has 7 heteroatoms. The highest BCUT2D eigenvalue weighted by atomic mass is 19.4. The fourth-order valence-electron chi connectivity index (χ4n) is 1.37. The fraction of sp³-hybridized carbons (Fsp3) is 0.400. The molecule has 1 unspecified atom stereocenters. The van der Waals surface area contributed by atoms with Gasteiger partial charge in [-0.1, -0.05) is 0 Å². The van der Waals surface area contributed by atoms with Crippen molar-refractivity contribution in [3.8, 4) is 0 Å². The van der Waals surface area contributed by atoms with E-state index in [1.54, 1.807) is 0 Å². The summed E-state index contributed by atoms with van der Waals surface area (Å²) >= 11 is 0. The Hall–Kier alpha value is -1.24. The number of nitrogens with two attached hydrogens (primary N) is 1. The van der Waals surface area contributed by atoms with Crippen molar-refractivity contribution >= 4 is 0 Å². The molecule has 0 spiro atoms. The van der Waals surface area contributed by atoms with Crippen molar-refractivity contribution in [3.63, 3.8) is 0 Å². The molecule has 0 aliphatic rings. The molecule has 1 nitrogen and oxygen atoms in total. The van der Waals surface area contributed by atoms with E-state index in [1.807, 2.05) is 0 Å². The average molecular weight is 257 g/mol. The van der Waals surface area contributed by atoms with Crippen molar-refractivity contribution in [1.82, 2.24) is 0 Å². The Balaban J connectivity index is 2.78. The van der Waals surface area contributed by atoms with Crippen LogP contribution in [0.25, 0.3) is 0 Å².